The standard InChI is InChI=1S/C16H28N4O2/c1-5-12-7-6-8-13(9-12)18-16(21)17-10-14-11(2)19-20(3)15(14)22-4/h12-13H,5-10H2,1-4H3,(H2,17,18,21). The zero-order valence-electron chi connectivity index (χ0n) is 14.1. The van der Waals surface area contributed by atoms with Crippen molar-refractivity contribution in [2.24, 2.45) is 13.0 Å². The van der Waals surface area contributed by atoms with Crippen molar-refractivity contribution in [3.05, 3.63) is 11.3 Å². The summed E-state index contributed by atoms with van der Waals surface area (Å²) in [5.74, 6) is 1.45. The summed E-state index contributed by atoms with van der Waals surface area (Å²) in [6, 6.07) is 0.197. The summed E-state index contributed by atoms with van der Waals surface area (Å²) in [5, 5.41) is 10.3. The summed E-state index contributed by atoms with van der Waals surface area (Å²) in [6.45, 7) is 4.58. The maximum atomic E-state index is 12.1. The number of methoxy groups -OCH3 is 1. The highest BCUT2D eigenvalue weighted by Crippen LogP contribution is 2.26. The predicted molar refractivity (Wildman–Crippen MR) is 85.9 cm³/mol. The van der Waals surface area contributed by atoms with Gasteiger partial charge in [-0.2, -0.15) is 5.10 Å². The highest BCUT2D eigenvalue weighted by molar-refractivity contribution is 5.74. The molecule has 22 heavy (non-hydrogen) atoms. The van der Waals surface area contributed by atoms with Crippen molar-refractivity contribution in [2.75, 3.05) is 7.11 Å². The van der Waals surface area contributed by atoms with Crippen LogP contribution in [0.25, 0.3) is 0 Å². The van der Waals surface area contributed by atoms with Crippen LogP contribution in [0.5, 0.6) is 5.88 Å². The first-order chi connectivity index (χ1) is 10.5. The first-order valence-electron chi connectivity index (χ1n) is 8.16. The Balaban J connectivity index is 1.85. The number of ether oxygens (including phenoxy) is 1. The van der Waals surface area contributed by atoms with E-state index in [0.29, 0.717) is 18.5 Å². The van der Waals surface area contributed by atoms with Crippen LogP contribution in [-0.2, 0) is 13.6 Å². The van der Waals surface area contributed by atoms with Crippen LogP contribution in [0.4, 0.5) is 4.79 Å². The first kappa shape index (κ1) is 16.6. The molecule has 1 aliphatic carbocycles. The fourth-order valence-electron chi connectivity index (χ4n) is 3.34. The average Bonchev–Trinajstić information content (AvgIpc) is 2.78. The number of carbonyl (C=O) groups is 1. The minimum Gasteiger partial charge on any atom is -0.481 e. The molecule has 1 aliphatic rings. The van der Waals surface area contributed by atoms with Gasteiger partial charge < -0.3 is 15.4 Å². The molecule has 0 spiro atoms. The summed E-state index contributed by atoms with van der Waals surface area (Å²) in [7, 11) is 3.45. The molecule has 0 aliphatic heterocycles. The van der Waals surface area contributed by atoms with Gasteiger partial charge in [-0.3, -0.25) is 0 Å². The number of amides is 2. The molecule has 0 radical (unpaired) electrons. The molecule has 0 aromatic carbocycles. The van der Waals surface area contributed by atoms with E-state index in [1.165, 1.54) is 19.3 Å². The normalized spacial score (nSPS) is 21.5. The van der Waals surface area contributed by atoms with Gasteiger partial charge in [-0.1, -0.05) is 26.2 Å². The van der Waals surface area contributed by atoms with E-state index in [4.69, 9.17) is 4.74 Å². The number of aromatic nitrogens is 2. The lowest BCUT2D eigenvalue weighted by Crippen LogP contribution is -2.43. The quantitative estimate of drug-likeness (QED) is 0.878. The van der Waals surface area contributed by atoms with Crippen LogP contribution in [0.1, 0.15) is 50.3 Å². The molecule has 2 N–H and O–H groups in total. The van der Waals surface area contributed by atoms with Crippen LogP contribution in [0.2, 0.25) is 0 Å². The Morgan fingerprint density at radius 2 is 2.23 bits per heavy atom. The predicted octanol–water partition coefficient (Wildman–Crippen LogP) is 2.51. The van der Waals surface area contributed by atoms with Crippen LogP contribution in [-0.4, -0.2) is 29.0 Å². The number of hydrogen-bond donors (Lipinski definition) is 2. The highest BCUT2D eigenvalue weighted by atomic mass is 16.5. The van der Waals surface area contributed by atoms with E-state index in [1.54, 1.807) is 11.8 Å². The lowest BCUT2D eigenvalue weighted by atomic mass is 9.84. The van der Waals surface area contributed by atoms with E-state index in [2.05, 4.69) is 22.7 Å². The van der Waals surface area contributed by atoms with Crippen molar-refractivity contribution in [3.63, 3.8) is 0 Å². The average molecular weight is 308 g/mol. The van der Waals surface area contributed by atoms with E-state index >= 15 is 0 Å². The van der Waals surface area contributed by atoms with Crippen LogP contribution in [0.15, 0.2) is 0 Å². The van der Waals surface area contributed by atoms with Gasteiger partial charge in [-0.15, -0.1) is 0 Å². The smallest absolute Gasteiger partial charge is 0.315 e. The molecule has 0 saturated heterocycles. The summed E-state index contributed by atoms with van der Waals surface area (Å²) in [4.78, 5) is 12.1. The van der Waals surface area contributed by atoms with Crippen molar-refractivity contribution in [3.8, 4) is 5.88 Å². The van der Waals surface area contributed by atoms with Gasteiger partial charge in [0.05, 0.1) is 24.9 Å². The second-order valence-corrected chi connectivity index (χ2v) is 6.16. The number of rotatable bonds is 5. The summed E-state index contributed by atoms with van der Waals surface area (Å²) < 4.78 is 7.03. The molecule has 2 unspecified atom stereocenters. The zero-order valence-corrected chi connectivity index (χ0v) is 14.1. The Kier molecular flexibility index (Phi) is 5.69. The molecular weight excluding hydrogens is 280 g/mol. The van der Waals surface area contributed by atoms with Gasteiger partial charge in [0.25, 0.3) is 0 Å². The number of nitrogens with zero attached hydrogens (tertiary/aromatic N) is 2. The molecular formula is C16H28N4O2. The minimum absolute atomic E-state index is 0.105. The van der Waals surface area contributed by atoms with Gasteiger partial charge in [0.15, 0.2) is 0 Å². The molecule has 1 heterocycles. The highest BCUT2D eigenvalue weighted by Gasteiger charge is 2.22. The van der Waals surface area contributed by atoms with Crippen molar-refractivity contribution in [1.82, 2.24) is 20.4 Å². The lowest BCUT2D eigenvalue weighted by Gasteiger charge is -2.29. The van der Waals surface area contributed by atoms with Gasteiger partial charge in [0, 0.05) is 13.1 Å². The Bertz CT molecular complexity index is 512. The second kappa shape index (κ2) is 7.51. The Labute approximate surface area is 132 Å². The maximum absolute atomic E-state index is 12.1. The Morgan fingerprint density at radius 1 is 1.45 bits per heavy atom. The van der Waals surface area contributed by atoms with E-state index in [0.717, 1.165) is 30.0 Å². The summed E-state index contributed by atoms with van der Waals surface area (Å²) in [6.07, 6.45) is 5.88. The second-order valence-electron chi connectivity index (χ2n) is 6.16. The van der Waals surface area contributed by atoms with Crippen LogP contribution in [0, 0.1) is 12.8 Å². The molecule has 1 aromatic rings. The van der Waals surface area contributed by atoms with Gasteiger partial charge in [0.2, 0.25) is 5.88 Å². The van der Waals surface area contributed by atoms with Gasteiger partial charge in [-0.25, -0.2) is 9.48 Å². The summed E-state index contributed by atoms with van der Waals surface area (Å²) >= 11 is 0. The van der Waals surface area contributed by atoms with E-state index < -0.39 is 0 Å². The number of hydrogen-bond acceptors (Lipinski definition) is 3. The molecule has 2 amide bonds. The van der Waals surface area contributed by atoms with Gasteiger partial charge in [0.1, 0.15) is 0 Å². The van der Waals surface area contributed by atoms with E-state index in [9.17, 15) is 4.79 Å². The largest absolute Gasteiger partial charge is 0.481 e. The van der Waals surface area contributed by atoms with Crippen molar-refractivity contribution in [2.45, 2.75) is 58.5 Å². The van der Waals surface area contributed by atoms with E-state index in [1.807, 2.05) is 14.0 Å². The van der Waals surface area contributed by atoms with Crippen LogP contribution in [0.3, 0.4) is 0 Å². The zero-order chi connectivity index (χ0) is 16.1. The van der Waals surface area contributed by atoms with Gasteiger partial charge >= 0.3 is 6.03 Å². The number of aryl methyl sites for hydroxylation is 2. The molecule has 1 saturated carbocycles. The molecule has 2 rings (SSSR count). The van der Waals surface area contributed by atoms with Crippen molar-refractivity contribution in [1.29, 1.82) is 0 Å². The van der Waals surface area contributed by atoms with Crippen molar-refractivity contribution < 1.29 is 9.53 Å². The molecule has 1 aromatic heterocycles. The van der Waals surface area contributed by atoms with Crippen molar-refractivity contribution >= 4 is 6.03 Å². The molecule has 1 fully saturated rings. The summed E-state index contributed by atoms with van der Waals surface area (Å²) in [5.41, 5.74) is 1.80. The fourth-order valence-corrected chi connectivity index (χ4v) is 3.34. The fraction of sp³-hybridized carbons (Fsp3) is 0.750. The third-order valence-corrected chi connectivity index (χ3v) is 4.60. The molecule has 6 heteroatoms. The molecule has 6 nitrogen and oxygen atoms in total. The molecule has 124 valence electrons. The van der Waals surface area contributed by atoms with Crippen LogP contribution >= 0.6 is 0 Å². The number of urea groups is 1. The Hall–Kier alpha value is -1.72. The lowest BCUT2D eigenvalue weighted by molar-refractivity contribution is 0.224. The maximum Gasteiger partial charge on any atom is 0.315 e. The van der Waals surface area contributed by atoms with Crippen LogP contribution < -0.4 is 15.4 Å². The Morgan fingerprint density at radius 3 is 2.91 bits per heavy atom. The first-order valence-corrected chi connectivity index (χ1v) is 8.16. The third-order valence-electron chi connectivity index (χ3n) is 4.60. The van der Waals surface area contributed by atoms with Gasteiger partial charge in [-0.05, 0) is 25.7 Å². The SMILES string of the molecule is CCC1CCCC(NC(=O)NCc2c(C)nn(C)c2OC)C1. The number of nitrogens with one attached hydrogen (secondary N) is 2. The monoisotopic (exact) mass is 308 g/mol. The third kappa shape index (κ3) is 3.93. The molecule has 2 atom stereocenters. The molecule has 0 bridgehead atoms. The van der Waals surface area contributed by atoms with E-state index in [-0.39, 0.29) is 6.03 Å². The topological polar surface area (TPSA) is 68.2 Å². The minimum atomic E-state index is -0.105. The number of carbonyl (C=O) groups excluding carboxylic acids is 1.